The van der Waals surface area contributed by atoms with E-state index in [1.165, 1.54) is 6.42 Å². The Morgan fingerprint density at radius 3 is 2.53 bits per heavy atom. The van der Waals surface area contributed by atoms with E-state index in [4.69, 9.17) is 10.00 Å². The molecular weight excluding hydrogens is 240 g/mol. The van der Waals surface area contributed by atoms with Gasteiger partial charge in [-0.25, -0.2) is 0 Å². The standard InChI is InChI=1S/C9H18O2.C6H6N2/c1-3-5-7-9(6-4-2)11-8-10;1-5-2-3-8-6(5)4-7/h8-9H,3-7H2,1-2H3;2-3,8H,1H3. The van der Waals surface area contributed by atoms with Gasteiger partial charge in [0.15, 0.2) is 0 Å². The number of unbranched alkanes of at least 4 members (excludes halogenated alkanes) is 1. The largest absolute Gasteiger partial charge is 0.465 e. The summed E-state index contributed by atoms with van der Waals surface area (Å²) in [7, 11) is 0. The summed E-state index contributed by atoms with van der Waals surface area (Å²) in [5.41, 5.74) is 1.66. The first-order valence-electron chi connectivity index (χ1n) is 6.82. The summed E-state index contributed by atoms with van der Waals surface area (Å²) < 4.78 is 4.90. The van der Waals surface area contributed by atoms with Crippen molar-refractivity contribution < 1.29 is 9.53 Å². The molecule has 1 unspecified atom stereocenters. The average molecular weight is 264 g/mol. The number of rotatable bonds is 7. The van der Waals surface area contributed by atoms with Crippen LogP contribution in [0.2, 0.25) is 0 Å². The number of nitrogens with one attached hydrogen (secondary N) is 1. The van der Waals surface area contributed by atoms with Crippen molar-refractivity contribution in [3.63, 3.8) is 0 Å². The molecule has 0 aliphatic rings. The number of H-pyrrole nitrogens is 1. The van der Waals surface area contributed by atoms with Gasteiger partial charge in [0.1, 0.15) is 17.9 Å². The number of aryl methyl sites for hydroxylation is 1. The van der Waals surface area contributed by atoms with Gasteiger partial charge in [0.05, 0.1) is 0 Å². The minimum absolute atomic E-state index is 0.164. The minimum Gasteiger partial charge on any atom is -0.465 e. The number of ether oxygens (including phenoxy) is 1. The first kappa shape index (κ1) is 17.2. The van der Waals surface area contributed by atoms with Crippen LogP contribution in [0.4, 0.5) is 0 Å². The molecule has 0 saturated carbocycles. The monoisotopic (exact) mass is 264 g/mol. The second-order valence-corrected chi connectivity index (χ2v) is 4.43. The Labute approximate surface area is 115 Å². The highest BCUT2D eigenvalue weighted by Crippen LogP contribution is 2.09. The molecule has 4 nitrogen and oxygen atoms in total. The number of nitriles is 1. The van der Waals surface area contributed by atoms with Crippen molar-refractivity contribution in [2.75, 3.05) is 0 Å². The molecule has 0 saturated heterocycles. The van der Waals surface area contributed by atoms with Crippen LogP contribution in [0.5, 0.6) is 0 Å². The van der Waals surface area contributed by atoms with Crippen molar-refractivity contribution >= 4 is 6.47 Å². The highest BCUT2D eigenvalue weighted by molar-refractivity contribution is 5.37. The summed E-state index contributed by atoms with van der Waals surface area (Å²) in [6.45, 7) is 6.71. The van der Waals surface area contributed by atoms with E-state index in [2.05, 4.69) is 18.8 Å². The first-order valence-corrected chi connectivity index (χ1v) is 6.82. The van der Waals surface area contributed by atoms with Crippen LogP contribution >= 0.6 is 0 Å². The lowest BCUT2D eigenvalue weighted by molar-refractivity contribution is -0.134. The zero-order valence-electron chi connectivity index (χ0n) is 12.1. The van der Waals surface area contributed by atoms with Gasteiger partial charge < -0.3 is 9.72 Å². The van der Waals surface area contributed by atoms with Crippen LogP contribution in [-0.2, 0) is 9.53 Å². The topological polar surface area (TPSA) is 65.9 Å². The van der Waals surface area contributed by atoms with Gasteiger partial charge in [0.2, 0.25) is 0 Å². The van der Waals surface area contributed by atoms with Crippen molar-refractivity contribution in [2.45, 2.75) is 59.0 Å². The van der Waals surface area contributed by atoms with Crippen molar-refractivity contribution in [3.8, 4) is 6.07 Å². The lowest BCUT2D eigenvalue weighted by Gasteiger charge is -2.12. The van der Waals surface area contributed by atoms with Gasteiger partial charge in [-0.1, -0.05) is 33.1 Å². The van der Waals surface area contributed by atoms with Gasteiger partial charge in [0, 0.05) is 6.20 Å². The summed E-state index contributed by atoms with van der Waals surface area (Å²) in [6.07, 6.45) is 7.34. The maximum atomic E-state index is 10.0. The highest BCUT2D eigenvalue weighted by Gasteiger charge is 2.05. The third-order valence-electron chi connectivity index (χ3n) is 2.81. The van der Waals surface area contributed by atoms with Crippen LogP contribution in [0.15, 0.2) is 12.3 Å². The molecule has 1 heterocycles. The van der Waals surface area contributed by atoms with E-state index in [1.807, 2.05) is 19.1 Å². The van der Waals surface area contributed by atoms with Crippen molar-refractivity contribution in [2.24, 2.45) is 0 Å². The number of carbonyl (C=O) groups is 1. The van der Waals surface area contributed by atoms with Crippen LogP contribution in [0, 0.1) is 18.3 Å². The second-order valence-electron chi connectivity index (χ2n) is 4.43. The predicted octanol–water partition coefficient (Wildman–Crippen LogP) is 3.71. The number of aromatic nitrogens is 1. The minimum atomic E-state index is 0.164. The van der Waals surface area contributed by atoms with E-state index < -0.39 is 0 Å². The Bertz CT molecular complexity index is 380. The Hall–Kier alpha value is -1.76. The molecule has 1 aromatic rings. The number of aromatic amines is 1. The van der Waals surface area contributed by atoms with E-state index in [0.29, 0.717) is 12.2 Å². The van der Waals surface area contributed by atoms with Crippen molar-refractivity contribution in [3.05, 3.63) is 23.5 Å². The lowest BCUT2D eigenvalue weighted by Crippen LogP contribution is -2.11. The molecule has 106 valence electrons. The number of hydrogen-bond acceptors (Lipinski definition) is 3. The van der Waals surface area contributed by atoms with E-state index >= 15 is 0 Å². The second kappa shape index (κ2) is 11.3. The Kier molecular flexibility index (Phi) is 10.3. The predicted molar refractivity (Wildman–Crippen MR) is 75.6 cm³/mol. The third-order valence-corrected chi connectivity index (χ3v) is 2.81. The molecule has 0 amide bonds. The summed E-state index contributed by atoms with van der Waals surface area (Å²) in [6, 6.07) is 3.89. The van der Waals surface area contributed by atoms with Gasteiger partial charge in [-0.15, -0.1) is 0 Å². The number of nitrogens with zero attached hydrogens (tertiary/aromatic N) is 1. The molecule has 19 heavy (non-hydrogen) atoms. The van der Waals surface area contributed by atoms with E-state index in [1.54, 1.807) is 6.20 Å². The quantitative estimate of drug-likeness (QED) is 0.763. The summed E-state index contributed by atoms with van der Waals surface area (Å²) in [4.78, 5) is 12.8. The summed E-state index contributed by atoms with van der Waals surface area (Å²) >= 11 is 0. The highest BCUT2D eigenvalue weighted by atomic mass is 16.5. The Morgan fingerprint density at radius 2 is 2.16 bits per heavy atom. The van der Waals surface area contributed by atoms with Crippen LogP contribution in [0.1, 0.15) is 57.2 Å². The van der Waals surface area contributed by atoms with Crippen LogP contribution in [-0.4, -0.2) is 17.6 Å². The van der Waals surface area contributed by atoms with E-state index in [9.17, 15) is 4.79 Å². The van der Waals surface area contributed by atoms with Gasteiger partial charge >= 0.3 is 0 Å². The van der Waals surface area contributed by atoms with Crippen LogP contribution < -0.4 is 0 Å². The molecule has 1 aromatic heterocycles. The fourth-order valence-electron chi connectivity index (χ4n) is 1.68. The van der Waals surface area contributed by atoms with Gasteiger partial charge in [-0.2, -0.15) is 5.26 Å². The average Bonchev–Trinajstić information content (AvgIpc) is 2.83. The fourth-order valence-corrected chi connectivity index (χ4v) is 1.68. The molecule has 0 spiro atoms. The zero-order chi connectivity index (χ0) is 14.5. The molecule has 0 aliphatic heterocycles. The molecule has 1 N–H and O–H groups in total. The Morgan fingerprint density at radius 1 is 1.42 bits per heavy atom. The van der Waals surface area contributed by atoms with Gasteiger partial charge in [-0.3, -0.25) is 4.79 Å². The molecular formula is C15H24N2O2. The van der Waals surface area contributed by atoms with E-state index in [0.717, 1.165) is 31.2 Å². The number of carbonyl (C=O) groups excluding carboxylic acids is 1. The molecule has 1 atom stereocenters. The molecule has 0 radical (unpaired) electrons. The first-order chi connectivity index (χ1) is 9.19. The number of hydrogen-bond donors (Lipinski definition) is 1. The third kappa shape index (κ3) is 8.04. The van der Waals surface area contributed by atoms with E-state index in [-0.39, 0.29) is 6.10 Å². The SMILES string of the molecule is CCCCC(CCC)OC=O.Cc1cc[nH]c1C#N. The molecule has 0 aliphatic carbocycles. The smallest absolute Gasteiger partial charge is 0.293 e. The molecule has 1 rings (SSSR count). The van der Waals surface area contributed by atoms with Gasteiger partial charge in [-0.05, 0) is 31.4 Å². The normalized spacial score (nSPS) is 10.8. The van der Waals surface area contributed by atoms with Crippen molar-refractivity contribution in [1.82, 2.24) is 4.98 Å². The molecule has 4 heteroatoms. The maximum Gasteiger partial charge on any atom is 0.293 e. The van der Waals surface area contributed by atoms with Crippen molar-refractivity contribution in [1.29, 1.82) is 5.26 Å². The lowest BCUT2D eigenvalue weighted by atomic mass is 10.1. The maximum absolute atomic E-state index is 10.0. The summed E-state index contributed by atoms with van der Waals surface area (Å²) in [5, 5.41) is 8.33. The van der Waals surface area contributed by atoms with Crippen LogP contribution in [0.25, 0.3) is 0 Å². The molecule has 0 aromatic carbocycles. The Balaban J connectivity index is 0.000000356. The summed E-state index contributed by atoms with van der Waals surface area (Å²) in [5.74, 6) is 0. The molecule has 0 fully saturated rings. The fraction of sp³-hybridized carbons (Fsp3) is 0.600. The van der Waals surface area contributed by atoms with Crippen LogP contribution in [0.3, 0.4) is 0 Å². The zero-order valence-corrected chi connectivity index (χ0v) is 12.1. The molecule has 0 bridgehead atoms. The van der Waals surface area contributed by atoms with Gasteiger partial charge in [0.25, 0.3) is 6.47 Å².